The number of hydrogen-bond acceptors (Lipinski definition) is 2. The Morgan fingerprint density at radius 1 is 1.17 bits per heavy atom. The Labute approximate surface area is 140 Å². The summed E-state index contributed by atoms with van der Waals surface area (Å²) in [6.07, 6.45) is 0.760. The molecule has 4 heteroatoms. The van der Waals surface area contributed by atoms with Crippen LogP contribution in [0.2, 0.25) is 0 Å². The first-order chi connectivity index (χ1) is 11.7. The third kappa shape index (κ3) is 4.01. The van der Waals surface area contributed by atoms with Gasteiger partial charge in [-0.25, -0.2) is 4.39 Å². The Kier molecular flexibility index (Phi) is 4.93. The van der Waals surface area contributed by atoms with Crippen LogP contribution in [0.15, 0.2) is 54.6 Å². The third-order valence-electron chi connectivity index (χ3n) is 4.04. The predicted molar refractivity (Wildman–Crippen MR) is 89.9 cm³/mol. The summed E-state index contributed by atoms with van der Waals surface area (Å²) in [4.78, 5) is 12.2. The Morgan fingerprint density at radius 3 is 2.58 bits per heavy atom. The summed E-state index contributed by atoms with van der Waals surface area (Å²) in [7, 11) is 0. The van der Waals surface area contributed by atoms with Crippen LogP contribution in [0.25, 0.3) is 0 Å². The molecule has 2 aromatic carbocycles. The molecule has 3 nitrogen and oxygen atoms in total. The van der Waals surface area contributed by atoms with Gasteiger partial charge < -0.3 is 10.1 Å². The van der Waals surface area contributed by atoms with Crippen molar-refractivity contribution in [2.45, 2.75) is 6.42 Å². The van der Waals surface area contributed by atoms with Crippen molar-refractivity contribution in [2.75, 3.05) is 19.8 Å². The zero-order valence-electron chi connectivity index (χ0n) is 13.2. The number of rotatable bonds is 3. The number of hydrogen-bond donors (Lipinski definition) is 1. The number of amides is 1. The zero-order valence-corrected chi connectivity index (χ0v) is 13.2. The van der Waals surface area contributed by atoms with Crippen molar-refractivity contribution in [1.29, 1.82) is 0 Å². The maximum Gasteiger partial charge on any atom is 0.251 e. The number of nitrogens with one attached hydrogen (secondary N) is 1. The van der Waals surface area contributed by atoms with Crippen LogP contribution < -0.4 is 5.32 Å². The minimum atomic E-state index is -0.404. The van der Waals surface area contributed by atoms with Crippen LogP contribution in [0.3, 0.4) is 0 Å². The van der Waals surface area contributed by atoms with Crippen LogP contribution in [0.4, 0.5) is 4.39 Å². The van der Waals surface area contributed by atoms with Gasteiger partial charge >= 0.3 is 0 Å². The quantitative estimate of drug-likeness (QED) is 0.882. The molecule has 0 unspecified atom stereocenters. The van der Waals surface area contributed by atoms with Gasteiger partial charge in [0.15, 0.2) is 0 Å². The highest BCUT2D eigenvalue weighted by molar-refractivity contribution is 5.94. The second-order valence-corrected chi connectivity index (χ2v) is 5.89. The maximum atomic E-state index is 13.0. The van der Waals surface area contributed by atoms with Crippen LogP contribution >= 0.6 is 0 Å². The van der Waals surface area contributed by atoms with Crippen LogP contribution in [0.1, 0.15) is 22.3 Å². The monoisotopic (exact) mass is 323 g/mol. The van der Waals surface area contributed by atoms with Crippen molar-refractivity contribution in [2.24, 2.45) is 5.41 Å². The van der Waals surface area contributed by atoms with Crippen molar-refractivity contribution < 1.29 is 13.9 Å². The molecule has 0 aliphatic carbocycles. The lowest BCUT2D eigenvalue weighted by atomic mass is 9.87. The van der Waals surface area contributed by atoms with Gasteiger partial charge in [-0.1, -0.05) is 30.0 Å². The summed E-state index contributed by atoms with van der Waals surface area (Å²) in [6.45, 7) is 1.53. The van der Waals surface area contributed by atoms with E-state index in [-0.39, 0.29) is 11.7 Å². The number of benzene rings is 2. The standard InChI is InChI=1S/C20H18FNO2/c21-18-8-6-16(7-9-18)10-11-20(12-13-24-15-20)14-22-19(23)17-4-2-1-3-5-17/h1-9H,12-15H2,(H,22,23)/t20-/m1/s1. The highest BCUT2D eigenvalue weighted by Gasteiger charge is 2.33. The average molecular weight is 323 g/mol. The summed E-state index contributed by atoms with van der Waals surface area (Å²) < 4.78 is 18.5. The SMILES string of the molecule is O=C(NC[C@@]1(C#Cc2ccc(F)cc2)CCOC1)c1ccccc1. The molecule has 3 rings (SSSR count). The molecule has 2 aromatic rings. The molecule has 1 atom stereocenters. The summed E-state index contributed by atoms with van der Waals surface area (Å²) in [6, 6.07) is 15.2. The molecule has 1 aliphatic heterocycles. The second kappa shape index (κ2) is 7.29. The smallest absolute Gasteiger partial charge is 0.251 e. The highest BCUT2D eigenvalue weighted by atomic mass is 19.1. The lowest BCUT2D eigenvalue weighted by Gasteiger charge is -2.21. The molecule has 122 valence electrons. The van der Waals surface area contributed by atoms with Gasteiger partial charge in [-0.05, 0) is 42.8 Å². The minimum absolute atomic E-state index is 0.120. The molecular formula is C20H18FNO2. The van der Waals surface area contributed by atoms with Crippen molar-refractivity contribution in [3.05, 3.63) is 71.5 Å². The maximum absolute atomic E-state index is 13.0. The first-order valence-corrected chi connectivity index (χ1v) is 7.87. The van der Waals surface area contributed by atoms with Gasteiger partial charge in [0.1, 0.15) is 5.82 Å². The fourth-order valence-electron chi connectivity index (χ4n) is 2.57. The van der Waals surface area contributed by atoms with Gasteiger partial charge in [0.2, 0.25) is 0 Å². The molecule has 24 heavy (non-hydrogen) atoms. The molecule has 0 radical (unpaired) electrons. The minimum Gasteiger partial charge on any atom is -0.380 e. The van der Waals surface area contributed by atoms with Gasteiger partial charge in [-0.2, -0.15) is 0 Å². The molecule has 0 bridgehead atoms. The molecule has 1 fully saturated rings. The van der Waals surface area contributed by atoms with Gasteiger partial charge in [0, 0.05) is 24.3 Å². The molecule has 0 spiro atoms. The van der Waals surface area contributed by atoms with E-state index < -0.39 is 5.41 Å². The molecule has 0 aromatic heterocycles. The van der Waals surface area contributed by atoms with E-state index in [0.717, 1.165) is 12.0 Å². The number of carbonyl (C=O) groups is 1. The molecule has 1 amide bonds. The zero-order chi connectivity index (χ0) is 16.8. The van der Waals surface area contributed by atoms with E-state index in [9.17, 15) is 9.18 Å². The molecule has 1 saturated heterocycles. The summed E-state index contributed by atoms with van der Waals surface area (Å²) in [5.74, 6) is 5.89. The Hall–Kier alpha value is -2.64. The van der Waals surface area contributed by atoms with Gasteiger partial charge in [-0.3, -0.25) is 4.79 Å². The number of ether oxygens (including phenoxy) is 1. The van der Waals surface area contributed by atoms with E-state index in [0.29, 0.717) is 25.3 Å². The van der Waals surface area contributed by atoms with Crippen molar-refractivity contribution in [1.82, 2.24) is 5.32 Å². The van der Waals surface area contributed by atoms with Crippen LogP contribution in [0, 0.1) is 23.1 Å². The van der Waals surface area contributed by atoms with Crippen molar-refractivity contribution in [3.63, 3.8) is 0 Å². The lowest BCUT2D eigenvalue weighted by Crippen LogP contribution is -2.37. The highest BCUT2D eigenvalue weighted by Crippen LogP contribution is 2.27. The molecule has 1 heterocycles. The van der Waals surface area contributed by atoms with E-state index in [1.807, 2.05) is 18.2 Å². The first-order valence-electron chi connectivity index (χ1n) is 7.87. The number of carbonyl (C=O) groups excluding carboxylic acids is 1. The molecule has 0 saturated carbocycles. The molecule has 1 N–H and O–H groups in total. The van der Waals surface area contributed by atoms with E-state index in [4.69, 9.17) is 4.74 Å². The second-order valence-electron chi connectivity index (χ2n) is 5.89. The van der Waals surface area contributed by atoms with Crippen molar-refractivity contribution in [3.8, 4) is 11.8 Å². The van der Waals surface area contributed by atoms with E-state index in [1.54, 1.807) is 24.3 Å². The summed E-state index contributed by atoms with van der Waals surface area (Å²) in [5.41, 5.74) is 0.967. The van der Waals surface area contributed by atoms with Gasteiger partial charge in [0.05, 0.1) is 12.0 Å². The molecule has 1 aliphatic rings. The van der Waals surface area contributed by atoms with E-state index in [2.05, 4.69) is 17.2 Å². The van der Waals surface area contributed by atoms with Crippen LogP contribution in [0.5, 0.6) is 0 Å². The van der Waals surface area contributed by atoms with Crippen LogP contribution in [-0.2, 0) is 4.74 Å². The Balaban J connectivity index is 1.70. The van der Waals surface area contributed by atoms with Crippen molar-refractivity contribution >= 4 is 5.91 Å². The predicted octanol–water partition coefficient (Wildman–Crippen LogP) is 3.01. The largest absolute Gasteiger partial charge is 0.380 e. The summed E-state index contributed by atoms with van der Waals surface area (Å²) >= 11 is 0. The average Bonchev–Trinajstić information content (AvgIpc) is 3.09. The fourth-order valence-corrected chi connectivity index (χ4v) is 2.57. The Morgan fingerprint density at radius 2 is 1.92 bits per heavy atom. The van der Waals surface area contributed by atoms with Gasteiger partial charge in [-0.15, -0.1) is 0 Å². The van der Waals surface area contributed by atoms with E-state index in [1.165, 1.54) is 12.1 Å². The topological polar surface area (TPSA) is 38.3 Å². The normalized spacial score (nSPS) is 19.4. The van der Waals surface area contributed by atoms with Gasteiger partial charge in [0.25, 0.3) is 5.91 Å². The van der Waals surface area contributed by atoms with Crippen LogP contribution in [-0.4, -0.2) is 25.7 Å². The lowest BCUT2D eigenvalue weighted by molar-refractivity contribution is 0.0935. The number of halogens is 1. The van der Waals surface area contributed by atoms with E-state index >= 15 is 0 Å². The third-order valence-corrected chi connectivity index (χ3v) is 4.04. The fraction of sp³-hybridized carbons (Fsp3) is 0.250. The summed E-state index contributed by atoms with van der Waals surface area (Å²) in [5, 5.41) is 2.95. The first kappa shape index (κ1) is 16.2. The molecular weight excluding hydrogens is 305 g/mol. The Bertz CT molecular complexity index is 754.